The van der Waals surface area contributed by atoms with Crippen LogP contribution in [0.15, 0.2) is 60.7 Å². The number of hydrogen-bond donors (Lipinski definition) is 8. The van der Waals surface area contributed by atoms with Gasteiger partial charge < -0.3 is 93.0 Å². The van der Waals surface area contributed by atoms with Gasteiger partial charge in [-0.05, 0) is 71.3 Å². The number of aromatic hydroxyl groups is 3. The highest BCUT2D eigenvalue weighted by Gasteiger charge is 2.51. The Morgan fingerprint density at radius 1 is 0.530 bits per heavy atom. The van der Waals surface area contributed by atoms with Crippen LogP contribution in [0.2, 0.25) is 0 Å². The normalized spacial score (nSPS) is 25.4. The summed E-state index contributed by atoms with van der Waals surface area (Å²) in [6, 6.07) is 9.71. The molecule has 10 atom stereocenters. The molecule has 2 aliphatic heterocycles. The van der Waals surface area contributed by atoms with Gasteiger partial charge in [0.25, 0.3) is 0 Å². The molecule has 2 heterocycles. The van der Waals surface area contributed by atoms with Crippen LogP contribution in [0, 0.1) is 0 Å². The van der Waals surface area contributed by atoms with E-state index >= 15 is 0 Å². The van der Waals surface area contributed by atoms with Crippen molar-refractivity contribution >= 4 is 36.1 Å². The van der Waals surface area contributed by atoms with Crippen molar-refractivity contribution in [1.29, 1.82) is 0 Å². The molecule has 2 saturated heterocycles. The average molecular weight is 931 g/mol. The van der Waals surface area contributed by atoms with Crippen LogP contribution in [0.1, 0.15) is 16.7 Å². The summed E-state index contributed by atoms with van der Waals surface area (Å²) in [4.78, 5) is 39.4. The number of benzene rings is 3. The number of methoxy groups -OCH3 is 5. The minimum Gasteiger partial charge on any atom is -0.504 e. The zero-order chi connectivity index (χ0) is 48.2. The van der Waals surface area contributed by atoms with Crippen molar-refractivity contribution in [2.45, 2.75) is 61.4 Å². The fourth-order valence-corrected chi connectivity index (χ4v) is 6.58. The molecular weight excluding hydrogens is 880 g/mol. The van der Waals surface area contributed by atoms with Gasteiger partial charge in [-0.25, -0.2) is 14.4 Å². The van der Waals surface area contributed by atoms with Crippen LogP contribution in [0.25, 0.3) is 18.2 Å². The van der Waals surface area contributed by atoms with Crippen molar-refractivity contribution in [3.05, 3.63) is 77.4 Å². The van der Waals surface area contributed by atoms with E-state index in [1.54, 1.807) is 0 Å². The number of rotatable bonds is 18. The number of phenols is 3. The number of hydrogen-bond acceptors (Lipinski definition) is 22. The lowest BCUT2D eigenvalue weighted by Crippen LogP contribution is -2.63. The standard InChI is InChI=1S/C44H50O22/c1-56-25-14-21(6-10-24(25)46)7-11-32(47)65-42-40(55)38(53)31(63-44(42)66-34(49)13-9-23-17-28(59-4)36(51)29(18-23)60-5)20-61-43-41(39(54)37(52)30(19-45)62-43)64-33(48)12-8-22-15-26(57-2)35(50)27(16-22)58-3/h6-18,30-31,37-46,50-55H,19-20H2,1-5H3/t30-,31-,37-,38-,39+,40+,41-,42-,43-,44+/m1/s1. The number of ether oxygens (including phenoxy) is 11. The maximum atomic E-state index is 13.3. The lowest BCUT2D eigenvalue weighted by Gasteiger charge is -2.43. The molecule has 0 unspecified atom stereocenters. The molecule has 2 fully saturated rings. The van der Waals surface area contributed by atoms with E-state index in [2.05, 4.69) is 0 Å². The summed E-state index contributed by atoms with van der Waals surface area (Å²) in [6.45, 7) is -1.61. The van der Waals surface area contributed by atoms with Gasteiger partial charge in [-0.3, -0.25) is 0 Å². The third-order valence-corrected chi connectivity index (χ3v) is 10.1. The van der Waals surface area contributed by atoms with E-state index in [4.69, 9.17) is 52.1 Å². The quantitative estimate of drug-likeness (QED) is 0.0491. The highest BCUT2D eigenvalue weighted by atomic mass is 16.8. The fourth-order valence-electron chi connectivity index (χ4n) is 6.58. The second-order valence-corrected chi connectivity index (χ2v) is 14.3. The van der Waals surface area contributed by atoms with Gasteiger partial charge in [-0.1, -0.05) is 6.07 Å². The molecule has 358 valence electrons. The Morgan fingerprint density at radius 2 is 0.924 bits per heavy atom. The summed E-state index contributed by atoms with van der Waals surface area (Å²) in [5, 5.41) is 84.5. The van der Waals surface area contributed by atoms with Crippen LogP contribution in [-0.2, 0) is 42.8 Å². The molecule has 0 aromatic heterocycles. The Morgan fingerprint density at radius 3 is 1.38 bits per heavy atom. The zero-order valence-corrected chi connectivity index (χ0v) is 36.0. The number of carbonyl (C=O) groups is 3. The molecule has 3 aromatic rings. The molecule has 3 aromatic carbocycles. The fraction of sp³-hybridized carbons (Fsp3) is 0.386. The van der Waals surface area contributed by atoms with Crippen LogP contribution in [0.5, 0.6) is 46.0 Å². The van der Waals surface area contributed by atoms with Gasteiger partial charge in [0, 0.05) is 18.2 Å². The maximum absolute atomic E-state index is 13.3. The molecule has 5 rings (SSSR count). The highest BCUT2D eigenvalue weighted by Crippen LogP contribution is 2.39. The monoisotopic (exact) mass is 930 g/mol. The van der Waals surface area contributed by atoms with Gasteiger partial charge in [0.15, 0.2) is 53.0 Å². The van der Waals surface area contributed by atoms with Gasteiger partial charge >= 0.3 is 17.9 Å². The Kier molecular flexibility index (Phi) is 17.6. The molecule has 2 aliphatic rings. The van der Waals surface area contributed by atoms with Crippen LogP contribution in [0.4, 0.5) is 0 Å². The molecule has 0 bridgehead atoms. The second kappa shape index (κ2) is 23.0. The highest BCUT2D eigenvalue weighted by molar-refractivity contribution is 5.89. The summed E-state index contributed by atoms with van der Waals surface area (Å²) >= 11 is 0. The maximum Gasteiger partial charge on any atom is 0.333 e. The van der Waals surface area contributed by atoms with Crippen molar-refractivity contribution in [1.82, 2.24) is 0 Å². The molecule has 8 N–H and O–H groups in total. The van der Waals surface area contributed by atoms with Gasteiger partial charge in [0.05, 0.1) is 48.8 Å². The Labute approximate surface area is 376 Å². The van der Waals surface area contributed by atoms with Crippen molar-refractivity contribution in [2.75, 3.05) is 48.8 Å². The van der Waals surface area contributed by atoms with Crippen LogP contribution in [0.3, 0.4) is 0 Å². The van der Waals surface area contributed by atoms with Crippen molar-refractivity contribution in [3.63, 3.8) is 0 Å². The largest absolute Gasteiger partial charge is 0.504 e. The van der Waals surface area contributed by atoms with E-state index in [0.717, 1.165) is 18.2 Å². The molecule has 66 heavy (non-hydrogen) atoms. The van der Waals surface area contributed by atoms with E-state index in [9.17, 15) is 55.2 Å². The van der Waals surface area contributed by atoms with Crippen LogP contribution < -0.4 is 23.7 Å². The molecule has 0 amide bonds. The minimum absolute atomic E-state index is 0.0163. The van der Waals surface area contributed by atoms with Crippen molar-refractivity contribution in [3.8, 4) is 46.0 Å². The lowest BCUT2D eigenvalue weighted by atomic mass is 9.98. The van der Waals surface area contributed by atoms with E-state index in [0.29, 0.717) is 16.7 Å². The van der Waals surface area contributed by atoms with E-state index < -0.39 is 92.5 Å². The third kappa shape index (κ3) is 12.2. The molecule has 0 spiro atoms. The zero-order valence-electron chi connectivity index (χ0n) is 36.0. The molecule has 0 saturated carbocycles. The first-order valence-electron chi connectivity index (χ1n) is 19.7. The van der Waals surface area contributed by atoms with E-state index in [1.807, 2.05) is 0 Å². The molecule has 22 nitrogen and oxygen atoms in total. The van der Waals surface area contributed by atoms with E-state index in [1.165, 1.54) is 96.2 Å². The van der Waals surface area contributed by atoms with Gasteiger partial charge in [0.1, 0.15) is 36.6 Å². The Bertz CT molecular complexity index is 2210. The Balaban J connectivity index is 1.36. The third-order valence-electron chi connectivity index (χ3n) is 10.1. The number of phenolic OH excluding ortho intramolecular Hbond substituents is 3. The SMILES string of the molecule is COc1cc(C=CC(=O)O[C@H]2[C@H](OC(=O)C=Cc3cc(OC)c(O)c(OC)c3)O[C@H](CO[C@@H]3O[C@H](CO)[C@@H](O)[C@H](O)[C@H]3OC(=O)C=Cc3cc(OC)c(O)c(OC)c3)[C@@H](O)[C@@H]2O)ccc1O. The van der Waals surface area contributed by atoms with Crippen LogP contribution in [-0.4, -0.2) is 169 Å². The van der Waals surface area contributed by atoms with Gasteiger partial charge in [-0.15, -0.1) is 0 Å². The number of aliphatic hydroxyl groups is 5. The average Bonchev–Trinajstić information content (AvgIpc) is 3.31. The molecule has 0 radical (unpaired) electrons. The minimum atomic E-state index is -2.04. The van der Waals surface area contributed by atoms with Gasteiger partial charge in [0.2, 0.25) is 17.8 Å². The summed E-state index contributed by atoms with van der Waals surface area (Å²) in [6.07, 6.45) is -11.6. The first-order chi connectivity index (χ1) is 31.5. The molecule has 0 aliphatic carbocycles. The smallest absolute Gasteiger partial charge is 0.333 e. The second-order valence-electron chi connectivity index (χ2n) is 14.3. The Hall–Kier alpha value is -6.63. The first-order valence-corrected chi connectivity index (χ1v) is 19.7. The summed E-state index contributed by atoms with van der Waals surface area (Å²) in [7, 11) is 6.53. The number of esters is 3. The predicted molar refractivity (Wildman–Crippen MR) is 224 cm³/mol. The van der Waals surface area contributed by atoms with Gasteiger partial charge in [-0.2, -0.15) is 0 Å². The number of aliphatic hydroxyl groups excluding tert-OH is 5. The van der Waals surface area contributed by atoms with Crippen molar-refractivity contribution < 1.29 is 107 Å². The number of carbonyl (C=O) groups excluding carboxylic acids is 3. The lowest BCUT2D eigenvalue weighted by molar-refractivity contribution is -0.328. The van der Waals surface area contributed by atoms with Crippen LogP contribution >= 0.6 is 0 Å². The van der Waals surface area contributed by atoms with E-state index in [-0.39, 0.29) is 46.0 Å². The topological polar surface area (TPSA) is 315 Å². The summed E-state index contributed by atoms with van der Waals surface area (Å²) in [5.41, 5.74) is 1.01. The molecule has 22 heteroatoms. The predicted octanol–water partition coefficient (Wildman–Crippen LogP) is 0.556. The van der Waals surface area contributed by atoms with Crippen molar-refractivity contribution in [2.24, 2.45) is 0 Å². The summed E-state index contributed by atoms with van der Waals surface area (Å²) < 4.78 is 59.1. The first kappa shape index (κ1) is 50.4. The molecular formula is C44H50O22. The summed E-state index contributed by atoms with van der Waals surface area (Å²) in [5.74, 6) is -3.87.